The fourth-order valence-corrected chi connectivity index (χ4v) is 5.45. The summed E-state index contributed by atoms with van der Waals surface area (Å²) in [5.41, 5.74) is 4.18. The number of benzene rings is 4. The molecule has 0 radical (unpaired) electrons. The molecule has 7 rings (SSSR count). The van der Waals surface area contributed by atoms with Gasteiger partial charge in [0.25, 0.3) is 11.1 Å². The number of nitrogens with zero attached hydrogens (tertiary/aromatic N) is 1. The number of fused-ring (bicyclic) bond motifs is 9. The van der Waals surface area contributed by atoms with Crippen molar-refractivity contribution in [2.75, 3.05) is 0 Å². The molecule has 1 N–H and O–H groups in total. The Labute approximate surface area is 222 Å². The fraction of sp³-hybridized carbons (Fsp3) is 0.188. The number of H-pyrrole nitrogens is 1. The molecule has 3 aromatic heterocycles. The Morgan fingerprint density at radius 2 is 1.59 bits per heavy atom. The second kappa shape index (κ2) is 8.11. The summed E-state index contributed by atoms with van der Waals surface area (Å²) in [6, 6.07) is 21.4. The first kappa shape index (κ1) is 23.3. The molecule has 0 aliphatic carbocycles. The molecular weight excluding hydrogens is 492 g/mol. The predicted octanol–water partition coefficient (Wildman–Crippen LogP) is 6.90. The van der Waals surface area contributed by atoms with Gasteiger partial charge in [0.15, 0.2) is 22.3 Å². The van der Waals surface area contributed by atoms with Gasteiger partial charge in [-0.1, -0.05) is 63.2 Å². The third kappa shape index (κ3) is 3.43. The van der Waals surface area contributed by atoms with Crippen LogP contribution in [-0.4, -0.2) is 9.55 Å². The first-order valence-electron chi connectivity index (χ1n) is 12.9. The quantitative estimate of drug-likeness (QED) is 0.257. The number of rotatable bonds is 3. The maximum atomic E-state index is 13.4. The number of aromatic amines is 1. The number of aromatic nitrogens is 2. The monoisotopic (exact) mass is 518 g/mol. The van der Waals surface area contributed by atoms with Crippen molar-refractivity contribution in [3.05, 3.63) is 98.6 Å². The molecule has 0 aliphatic heterocycles. The zero-order chi connectivity index (χ0) is 27.1. The predicted molar refractivity (Wildman–Crippen MR) is 154 cm³/mol. The van der Waals surface area contributed by atoms with Crippen molar-refractivity contribution >= 4 is 54.9 Å². The summed E-state index contributed by atoms with van der Waals surface area (Å²) in [6.07, 6.45) is 0. The number of hydrogen-bond donors (Lipinski definition) is 1. The Morgan fingerprint density at radius 1 is 0.821 bits per heavy atom. The van der Waals surface area contributed by atoms with Gasteiger partial charge in [0.1, 0.15) is 17.7 Å². The molecule has 0 unspecified atom stereocenters. The molecule has 0 saturated carbocycles. The van der Waals surface area contributed by atoms with Crippen molar-refractivity contribution in [2.24, 2.45) is 7.05 Å². The standard InChI is InChI=1S/C32H26N2O5/c1-32(2,3)20-11-8-12-22-27(20)39-29-26-23(24-25(28(29)38-22)31(36)34(4)30(24)35)19-14-13-18(15-21(19)33-26)37-16-17-9-6-5-7-10-17/h5-15,33H,16H2,1-4H3. The minimum absolute atomic E-state index is 0.209. The van der Waals surface area contributed by atoms with Crippen LogP contribution in [0.25, 0.3) is 54.9 Å². The summed E-state index contributed by atoms with van der Waals surface area (Å²) in [7, 11) is 1.49. The first-order valence-corrected chi connectivity index (χ1v) is 12.9. The van der Waals surface area contributed by atoms with Gasteiger partial charge >= 0.3 is 0 Å². The van der Waals surface area contributed by atoms with Gasteiger partial charge in [0.2, 0.25) is 0 Å². The van der Waals surface area contributed by atoms with Crippen LogP contribution in [0.15, 0.2) is 85.2 Å². The number of hydrogen-bond acceptors (Lipinski definition) is 5. The van der Waals surface area contributed by atoms with E-state index in [1.54, 1.807) is 0 Å². The van der Waals surface area contributed by atoms with Crippen LogP contribution in [0.1, 0.15) is 31.9 Å². The summed E-state index contributed by atoms with van der Waals surface area (Å²) < 4.78 is 20.1. The highest BCUT2D eigenvalue weighted by molar-refractivity contribution is 6.29. The molecule has 194 valence electrons. The maximum absolute atomic E-state index is 13.4. The van der Waals surface area contributed by atoms with Crippen molar-refractivity contribution < 1.29 is 13.6 Å². The van der Waals surface area contributed by atoms with E-state index in [1.165, 1.54) is 7.05 Å². The molecule has 0 aliphatic rings. The lowest BCUT2D eigenvalue weighted by Crippen LogP contribution is -2.21. The molecule has 7 heteroatoms. The van der Waals surface area contributed by atoms with Crippen molar-refractivity contribution in [3.8, 4) is 5.75 Å². The third-order valence-corrected chi connectivity index (χ3v) is 7.42. The van der Waals surface area contributed by atoms with E-state index >= 15 is 0 Å². The van der Waals surface area contributed by atoms with Crippen molar-refractivity contribution in [3.63, 3.8) is 0 Å². The summed E-state index contributed by atoms with van der Waals surface area (Å²) in [4.78, 5) is 30.2. The Hall–Kier alpha value is -4.78. The molecule has 39 heavy (non-hydrogen) atoms. The molecule has 0 bridgehead atoms. The highest BCUT2D eigenvalue weighted by atomic mass is 16.5. The molecule has 7 nitrogen and oxygen atoms in total. The van der Waals surface area contributed by atoms with E-state index in [9.17, 15) is 9.59 Å². The molecule has 4 aromatic carbocycles. The maximum Gasteiger partial charge on any atom is 0.265 e. The van der Waals surface area contributed by atoms with Crippen LogP contribution >= 0.6 is 0 Å². The summed E-state index contributed by atoms with van der Waals surface area (Å²) >= 11 is 0. The largest absolute Gasteiger partial charge is 0.489 e. The highest BCUT2D eigenvalue weighted by Crippen LogP contribution is 2.41. The molecule has 7 aromatic rings. The Balaban J connectivity index is 1.57. The Kier molecular flexibility index (Phi) is 4.85. The van der Waals surface area contributed by atoms with Crippen molar-refractivity contribution in [1.82, 2.24) is 9.55 Å². The van der Waals surface area contributed by atoms with Gasteiger partial charge in [-0.15, -0.1) is 0 Å². The average Bonchev–Trinajstić information content (AvgIpc) is 3.41. The van der Waals surface area contributed by atoms with Crippen LogP contribution in [0, 0.1) is 0 Å². The van der Waals surface area contributed by atoms with Crippen molar-refractivity contribution in [1.29, 1.82) is 0 Å². The van der Waals surface area contributed by atoms with Crippen LogP contribution in [0.4, 0.5) is 0 Å². The summed E-state index contributed by atoms with van der Waals surface area (Å²) in [6.45, 7) is 6.75. The van der Waals surface area contributed by atoms with Crippen LogP contribution in [0.5, 0.6) is 5.75 Å². The molecule has 0 atom stereocenters. The van der Waals surface area contributed by atoms with E-state index in [0.717, 1.165) is 26.6 Å². The van der Waals surface area contributed by atoms with E-state index in [2.05, 4.69) is 25.8 Å². The fourth-order valence-electron chi connectivity index (χ4n) is 5.45. The molecule has 3 heterocycles. The van der Waals surface area contributed by atoms with Gasteiger partial charge in [-0.25, -0.2) is 0 Å². The first-order chi connectivity index (χ1) is 18.7. The van der Waals surface area contributed by atoms with E-state index in [4.69, 9.17) is 13.6 Å². The number of para-hydroxylation sites is 1. The second-order valence-corrected chi connectivity index (χ2v) is 11.0. The van der Waals surface area contributed by atoms with Crippen LogP contribution in [0.3, 0.4) is 0 Å². The van der Waals surface area contributed by atoms with Gasteiger partial charge in [-0.2, -0.15) is 0 Å². The third-order valence-electron chi connectivity index (χ3n) is 7.42. The van der Waals surface area contributed by atoms with E-state index in [0.29, 0.717) is 45.4 Å². The minimum atomic E-state index is -0.413. The number of ether oxygens (including phenoxy) is 1. The average molecular weight is 519 g/mol. The smallest absolute Gasteiger partial charge is 0.265 e. The zero-order valence-corrected chi connectivity index (χ0v) is 22.0. The number of nitrogens with one attached hydrogen (secondary N) is 1. The van der Waals surface area contributed by atoms with Crippen molar-refractivity contribution in [2.45, 2.75) is 32.8 Å². The topological polar surface area (TPSA) is 90.4 Å². The molecule has 0 fully saturated rings. The Morgan fingerprint density at radius 3 is 2.36 bits per heavy atom. The van der Waals surface area contributed by atoms with Gasteiger partial charge < -0.3 is 18.6 Å². The highest BCUT2D eigenvalue weighted by Gasteiger charge is 2.26. The van der Waals surface area contributed by atoms with Gasteiger partial charge in [0, 0.05) is 29.4 Å². The summed E-state index contributed by atoms with van der Waals surface area (Å²) in [5.74, 6) is 0.681. The zero-order valence-electron chi connectivity index (χ0n) is 22.0. The van der Waals surface area contributed by atoms with Gasteiger partial charge in [-0.05, 0) is 29.2 Å². The molecular formula is C32H26N2O5. The minimum Gasteiger partial charge on any atom is -0.489 e. The summed E-state index contributed by atoms with van der Waals surface area (Å²) in [5, 5.41) is 1.98. The van der Waals surface area contributed by atoms with E-state index in [1.807, 2.05) is 66.7 Å². The van der Waals surface area contributed by atoms with Crippen LogP contribution in [-0.2, 0) is 19.1 Å². The molecule has 0 saturated heterocycles. The van der Waals surface area contributed by atoms with Gasteiger partial charge in [-0.3, -0.25) is 14.2 Å². The van der Waals surface area contributed by atoms with Crippen LogP contribution < -0.4 is 15.9 Å². The molecule has 0 spiro atoms. The second-order valence-electron chi connectivity index (χ2n) is 11.0. The lowest BCUT2D eigenvalue weighted by Gasteiger charge is -2.20. The van der Waals surface area contributed by atoms with Crippen LogP contribution in [0.2, 0.25) is 0 Å². The van der Waals surface area contributed by atoms with E-state index < -0.39 is 5.56 Å². The van der Waals surface area contributed by atoms with Gasteiger partial charge in [0.05, 0.1) is 16.4 Å². The Bertz CT molecular complexity index is 2210. The molecule has 0 amide bonds. The SMILES string of the molecule is Cn1c(=O)c2c3oc4cccc(C(C)(C)C)c4oc3c3[nH]c4cc(OCc5ccccc5)ccc4c3c2c1=O. The lowest BCUT2D eigenvalue weighted by molar-refractivity contribution is 0.306. The lowest BCUT2D eigenvalue weighted by atomic mass is 9.86. The normalized spacial score (nSPS) is 12.4. The van der Waals surface area contributed by atoms with E-state index in [-0.39, 0.29) is 21.9 Å².